The molecule has 0 saturated carbocycles. The van der Waals surface area contributed by atoms with Crippen molar-refractivity contribution < 1.29 is 24.2 Å². The monoisotopic (exact) mass is 449 g/mol. The van der Waals surface area contributed by atoms with Crippen LogP contribution in [0, 0.1) is 0 Å². The van der Waals surface area contributed by atoms with Crippen molar-refractivity contribution in [3.05, 3.63) is 71.8 Å². The molecule has 1 unspecified atom stereocenters. The van der Waals surface area contributed by atoms with Crippen LogP contribution >= 0.6 is 0 Å². The number of hydrogen-bond donors (Lipinski definition) is 4. The Balaban J connectivity index is 1.39. The number of alkyl carbamates (subject to hydrolysis) is 1. The van der Waals surface area contributed by atoms with Crippen LogP contribution in [0.4, 0.5) is 4.79 Å². The average Bonchev–Trinajstić information content (AvgIpc) is 3.45. The van der Waals surface area contributed by atoms with E-state index in [1.54, 1.807) is 0 Å². The molecule has 1 atom stereocenters. The van der Waals surface area contributed by atoms with Crippen LogP contribution in [-0.4, -0.2) is 50.9 Å². The van der Waals surface area contributed by atoms with Crippen molar-refractivity contribution in [1.82, 2.24) is 25.8 Å². The summed E-state index contributed by atoms with van der Waals surface area (Å²) in [5.41, 5.74) is 4.35. The van der Waals surface area contributed by atoms with Gasteiger partial charge in [0.1, 0.15) is 24.8 Å². The third-order valence-electron chi connectivity index (χ3n) is 5.49. The lowest BCUT2D eigenvalue weighted by Crippen LogP contribution is -2.47. The Morgan fingerprint density at radius 3 is 2.33 bits per heavy atom. The summed E-state index contributed by atoms with van der Waals surface area (Å²) in [5.74, 6) is -1.30. The van der Waals surface area contributed by atoms with Gasteiger partial charge in [0.2, 0.25) is 5.91 Å². The Morgan fingerprint density at radius 1 is 1.06 bits per heavy atom. The van der Waals surface area contributed by atoms with Crippen molar-refractivity contribution in [1.29, 1.82) is 0 Å². The van der Waals surface area contributed by atoms with Gasteiger partial charge >= 0.3 is 12.1 Å². The number of aromatic amines is 1. The third-order valence-corrected chi connectivity index (χ3v) is 5.49. The maximum Gasteiger partial charge on any atom is 0.407 e. The molecule has 2 amide bonds. The maximum absolute atomic E-state index is 12.5. The van der Waals surface area contributed by atoms with Crippen LogP contribution in [-0.2, 0) is 20.9 Å². The molecule has 1 aromatic heterocycles. The van der Waals surface area contributed by atoms with E-state index >= 15 is 0 Å². The lowest BCUT2D eigenvalue weighted by atomic mass is 9.98. The largest absolute Gasteiger partial charge is 0.481 e. The van der Waals surface area contributed by atoms with E-state index in [1.165, 1.54) is 6.33 Å². The lowest BCUT2D eigenvalue weighted by Gasteiger charge is -2.19. The van der Waals surface area contributed by atoms with Crippen molar-refractivity contribution in [2.45, 2.75) is 31.3 Å². The summed E-state index contributed by atoms with van der Waals surface area (Å²) in [6.07, 6.45) is 0.145. The summed E-state index contributed by atoms with van der Waals surface area (Å²) in [5, 5.41) is 20.4. The van der Waals surface area contributed by atoms with E-state index in [-0.39, 0.29) is 31.9 Å². The van der Waals surface area contributed by atoms with Gasteiger partial charge in [-0.2, -0.15) is 5.10 Å². The van der Waals surface area contributed by atoms with E-state index < -0.39 is 24.0 Å². The van der Waals surface area contributed by atoms with Gasteiger partial charge in [0.25, 0.3) is 0 Å². The van der Waals surface area contributed by atoms with Crippen LogP contribution in [0.1, 0.15) is 35.7 Å². The van der Waals surface area contributed by atoms with E-state index in [2.05, 4.69) is 25.8 Å². The van der Waals surface area contributed by atoms with Crippen LogP contribution in [0.15, 0.2) is 54.9 Å². The molecule has 4 rings (SSSR count). The van der Waals surface area contributed by atoms with Crippen LogP contribution in [0.25, 0.3) is 11.1 Å². The average molecular weight is 449 g/mol. The van der Waals surface area contributed by atoms with Crippen LogP contribution in [0.3, 0.4) is 0 Å². The van der Waals surface area contributed by atoms with Gasteiger partial charge in [-0.15, -0.1) is 0 Å². The number of H-pyrrole nitrogens is 1. The Labute approximate surface area is 189 Å². The second kappa shape index (κ2) is 9.94. The number of carboxylic acids is 1. The Kier molecular flexibility index (Phi) is 6.63. The van der Waals surface area contributed by atoms with Crippen LogP contribution in [0.5, 0.6) is 0 Å². The zero-order chi connectivity index (χ0) is 23.2. The molecule has 0 aliphatic heterocycles. The van der Waals surface area contributed by atoms with Gasteiger partial charge in [-0.3, -0.25) is 14.7 Å². The number of nitrogens with zero attached hydrogens (tertiary/aromatic N) is 2. The first-order valence-electron chi connectivity index (χ1n) is 10.5. The predicted molar refractivity (Wildman–Crippen MR) is 117 cm³/mol. The number of carbonyl (C=O) groups is 3. The molecule has 3 aromatic rings. The number of fused-ring (bicyclic) bond motifs is 3. The van der Waals surface area contributed by atoms with Crippen molar-refractivity contribution in [3.63, 3.8) is 0 Å². The molecule has 1 aliphatic carbocycles. The van der Waals surface area contributed by atoms with Gasteiger partial charge in [0, 0.05) is 12.3 Å². The number of carbonyl (C=O) groups excluding carboxylic acids is 2. The highest BCUT2D eigenvalue weighted by Crippen LogP contribution is 2.44. The van der Waals surface area contributed by atoms with Crippen molar-refractivity contribution in [2.75, 3.05) is 6.61 Å². The van der Waals surface area contributed by atoms with Crippen LogP contribution < -0.4 is 10.6 Å². The second-order valence-corrected chi connectivity index (χ2v) is 7.60. The van der Waals surface area contributed by atoms with E-state index in [4.69, 9.17) is 9.84 Å². The predicted octanol–water partition coefficient (Wildman–Crippen LogP) is 2.19. The Morgan fingerprint density at radius 2 is 1.73 bits per heavy atom. The van der Waals surface area contributed by atoms with Gasteiger partial charge in [-0.25, -0.2) is 9.78 Å². The molecule has 1 aliphatic rings. The number of benzene rings is 2. The number of amides is 2. The fraction of sp³-hybridized carbons (Fsp3) is 0.261. The molecule has 10 nitrogen and oxygen atoms in total. The normalized spacial score (nSPS) is 13.0. The molecule has 2 aromatic carbocycles. The molecule has 170 valence electrons. The Hall–Kier alpha value is -4.21. The highest BCUT2D eigenvalue weighted by Gasteiger charge is 2.30. The van der Waals surface area contributed by atoms with E-state index in [0.29, 0.717) is 5.82 Å². The van der Waals surface area contributed by atoms with Gasteiger partial charge in [0.15, 0.2) is 0 Å². The topological polar surface area (TPSA) is 146 Å². The Bertz CT molecular complexity index is 1100. The minimum Gasteiger partial charge on any atom is -0.481 e. The number of hydrogen-bond acceptors (Lipinski definition) is 6. The number of carboxylic acid groups (broad SMARTS) is 1. The fourth-order valence-corrected chi connectivity index (χ4v) is 3.93. The third kappa shape index (κ3) is 5.17. The van der Waals surface area contributed by atoms with Crippen molar-refractivity contribution in [3.8, 4) is 11.1 Å². The molecular formula is C23H23N5O5. The van der Waals surface area contributed by atoms with E-state index in [9.17, 15) is 14.4 Å². The first-order chi connectivity index (χ1) is 16.0. The van der Waals surface area contributed by atoms with E-state index in [0.717, 1.165) is 22.3 Å². The van der Waals surface area contributed by atoms with E-state index in [1.807, 2.05) is 48.5 Å². The number of ether oxygens (including phenoxy) is 1. The molecule has 4 N–H and O–H groups in total. The van der Waals surface area contributed by atoms with Crippen molar-refractivity contribution in [2.24, 2.45) is 0 Å². The summed E-state index contributed by atoms with van der Waals surface area (Å²) >= 11 is 0. The van der Waals surface area contributed by atoms with Gasteiger partial charge < -0.3 is 20.5 Å². The molecule has 0 fully saturated rings. The summed E-state index contributed by atoms with van der Waals surface area (Å²) in [4.78, 5) is 40.0. The standard InChI is InChI=1S/C23H23N5O5/c29-21(30)10-9-19(22(31)24-11-20-25-13-26-28-20)27-23(32)33-12-18-16-7-3-1-5-14(16)15-6-2-4-8-17(15)18/h1-8,13,18-19H,9-12H2,(H,24,31)(H,27,32)(H,29,30)(H,25,26,28). The number of nitrogens with one attached hydrogen (secondary N) is 3. The lowest BCUT2D eigenvalue weighted by molar-refractivity contribution is -0.137. The van der Waals surface area contributed by atoms with Gasteiger partial charge in [-0.1, -0.05) is 48.5 Å². The quantitative estimate of drug-likeness (QED) is 0.392. The molecule has 10 heteroatoms. The molecule has 0 radical (unpaired) electrons. The first-order valence-corrected chi connectivity index (χ1v) is 10.5. The molecule has 33 heavy (non-hydrogen) atoms. The molecular weight excluding hydrogens is 426 g/mol. The van der Waals surface area contributed by atoms with Gasteiger partial charge in [-0.05, 0) is 28.7 Å². The summed E-state index contributed by atoms with van der Waals surface area (Å²) < 4.78 is 5.47. The summed E-state index contributed by atoms with van der Waals surface area (Å²) in [6.45, 7) is 0.153. The molecule has 0 saturated heterocycles. The number of aliphatic carboxylic acids is 1. The van der Waals surface area contributed by atoms with Crippen molar-refractivity contribution >= 4 is 18.0 Å². The summed E-state index contributed by atoms with van der Waals surface area (Å²) in [6, 6.07) is 14.8. The highest BCUT2D eigenvalue weighted by atomic mass is 16.5. The zero-order valence-corrected chi connectivity index (χ0v) is 17.7. The fourth-order valence-electron chi connectivity index (χ4n) is 3.93. The van der Waals surface area contributed by atoms with Crippen LogP contribution in [0.2, 0.25) is 0 Å². The smallest absolute Gasteiger partial charge is 0.407 e. The minimum absolute atomic E-state index is 0.0643. The molecule has 0 bridgehead atoms. The summed E-state index contributed by atoms with van der Waals surface area (Å²) in [7, 11) is 0. The second-order valence-electron chi connectivity index (χ2n) is 7.60. The first kappa shape index (κ1) is 22.0. The minimum atomic E-state index is -1.07. The SMILES string of the molecule is O=C(O)CCC(NC(=O)OCC1c2ccccc2-c2ccccc21)C(=O)NCc1ncn[nH]1. The highest BCUT2D eigenvalue weighted by molar-refractivity contribution is 5.86. The van der Waals surface area contributed by atoms with Gasteiger partial charge in [0.05, 0.1) is 6.54 Å². The molecule has 1 heterocycles. The maximum atomic E-state index is 12.5. The number of aromatic nitrogens is 3. The molecule has 0 spiro atoms. The zero-order valence-electron chi connectivity index (χ0n) is 17.7. The number of rotatable bonds is 9.